The van der Waals surface area contributed by atoms with Gasteiger partial charge in [-0.2, -0.15) is 4.68 Å². The summed E-state index contributed by atoms with van der Waals surface area (Å²) < 4.78 is 15.1. The lowest BCUT2D eigenvalue weighted by molar-refractivity contribution is -0.132. The van der Waals surface area contributed by atoms with E-state index < -0.39 is 0 Å². The van der Waals surface area contributed by atoms with Crippen molar-refractivity contribution in [2.24, 2.45) is 5.92 Å². The van der Waals surface area contributed by atoms with E-state index in [1.54, 1.807) is 12.1 Å². The van der Waals surface area contributed by atoms with Crippen LogP contribution in [0.15, 0.2) is 30.6 Å². The molecule has 0 N–H and O–H groups in total. The lowest BCUT2D eigenvalue weighted by atomic mass is 10.1. The van der Waals surface area contributed by atoms with Crippen molar-refractivity contribution in [2.75, 3.05) is 31.1 Å². The van der Waals surface area contributed by atoms with Crippen molar-refractivity contribution in [1.82, 2.24) is 29.9 Å². The van der Waals surface area contributed by atoms with E-state index in [4.69, 9.17) is 0 Å². The normalized spacial score (nSPS) is 14.9. The number of rotatable bonds is 4. The molecule has 0 bridgehead atoms. The molecule has 4 rings (SSSR count). The van der Waals surface area contributed by atoms with Gasteiger partial charge in [-0.15, -0.1) is 5.10 Å². The van der Waals surface area contributed by atoms with Gasteiger partial charge >= 0.3 is 0 Å². The third-order valence-electron chi connectivity index (χ3n) is 4.79. The summed E-state index contributed by atoms with van der Waals surface area (Å²) in [5.41, 5.74) is 1.64. The van der Waals surface area contributed by atoms with Gasteiger partial charge in [0.25, 0.3) is 0 Å². The molecule has 1 saturated heterocycles. The molecule has 0 saturated carbocycles. The zero-order valence-electron chi connectivity index (χ0n) is 15.9. The van der Waals surface area contributed by atoms with E-state index in [9.17, 15) is 9.18 Å². The Morgan fingerprint density at radius 2 is 1.96 bits per heavy atom. The van der Waals surface area contributed by atoms with E-state index in [0.29, 0.717) is 61.2 Å². The Hall–Kier alpha value is -3.10. The van der Waals surface area contributed by atoms with Crippen molar-refractivity contribution >= 4 is 22.9 Å². The lowest BCUT2D eigenvalue weighted by Crippen LogP contribution is -2.49. The maximum absolute atomic E-state index is 13.6. The van der Waals surface area contributed by atoms with Crippen LogP contribution < -0.4 is 4.90 Å². The van der Waals surface area contributed by atoms with Gasteiger partial charge < -0.3 is 9.80 Å². The number of hydrogen-bond acceptors (Lipinski definition) is 6. The Labute approximate surface area is 162 Å². The predicted molar refractivity (Wildman–Crippen MR) is 103 cm³/mol. The number of carbonyl (C=O) groups excluding carboxylic acids is 1. The van der Waals surface area contributed by atoms with Gasteiger partial charge in [-0.05, 0) is 24.1 Å². The van der Waals surface area contributed by atoms with E-state index in [1.165, 1.54) is 23.1 Å². The van der Waals surface area contributed by atoms with Crippen LogP contribution in [-0.2, 0) is 4.79 Å². The highest BCUT2D eigenvalue weighted by Crippen LogP contribution is 2.24. The van der Waals surface area contributed by atoms with Gasteiger partial charge in [0.05, 0.1) is 5.69 Å². The smallest absolute Gasteiger partial charge is 0.222 e. The molecule has 3 heterocycles. The number of amides is 1. The predicted octanol–water partition coefficient (Wildman–Crippen LogP) is 2.04. The second kappa shape index (κ2) is 7.49. The van der Waals surface area contributed by atoms with Gasteiger partial charge in [0.2, 0.25) is 5.91 Å². The van der Waals surface area contributed by atoms with Crippen LogP contribution in [0.3, 0.4) is 0 Å². The van der Waals surface area contributed by atoms with Crippen LogP contribution in [0.25, 0.3) is 16.9 Å². The summed E-state index contributed by atoms with van der Waals surface area (Å²) in [5.74, 6) is 0.880. The molecule has 0 aliphatic carbocycles. The minimum atomic E-state index is -0.349. The van der Waals surface area contributed by atoms with E-state index in [1.807, 2.05) is 18.7 Å². The van der Waals surface area contributed by atoms with Crippen molar-refractivity contribution in [1.29, 1.82) is 0 Å². The second-order valence-electron chi connectivity index (χ2n) is 7.32. The molecule has 1 aliphatic heterocycles. The zero-order chi connectivity index (χ0) is 19.7. The SMILES string of the molecule is CC(C)CC(=O)N1CCN(c2ncnc3c2nnn3-c2cccc(F)c2)CC1. The summed E-state index contributed by atoms with van der Waals surface area (Å²) in [4.78, 5) is 25.0. The Morgan fingerprint density at radius 3 is 2.68 bits per heavy atom. The van der Waals surface area contributed by atoms with E-state index >= 15 is 0 Å². The minimum absolute atomic E-state index is 0.194. The number of halogens is 1. The molecule has 9 heteroatoms. The van der Waals surface area contributed by atoms with Crippen molar-refractivity contribution < 1.29 is 9.18 Å². The first kappa shape index (κ1) is 18.3. The number of nitrogens with zero attached hydrogens (tertiary/aromatic N) is 7. The molecule has 0 atom stereocenters. The average molecular weight is 383 g/mol. The van der Waals surface area contributed by atoms with Crippen molar-refractivity contribution in [3.8, 4) is 5.69 Å². The molecule has 1 fully saturated rings. The molecule has 2 aromatic heterocycles. The third kappa shape index (κ3) is 3.51. The largest absolute Gasteiger partial charge is 0.351 e. The van der Waals surface area contributed by atoms with Gasteiger partial charge in [0, 0.05) is 32.6 Å². The summed E-state index contributed by atoms with van der Waals surface area (Å²) in [6.07, 6.45) is 2.03. The molecule has 0 unspecified atom stereocenters. The molecule has 1 amide bonds. The molecule has 8 nitrogen and oxygen atoms in total. The summed E-state index contributed by atoms with van der Waals surface area (Å²) in [6, 6.07) is 6.13. The number of anilines is 1. The van der Waals surface area contributed by atoms with Crippen molar-refractivity contribution in [2.45, 2.75) is 20.3 Å². The number of aromatic nitrogens is 5. The maximum atomic E-state index is 13.6. The molecule has 1 aromatic carbocycles. The zero-order valence-corrected chi connectivity index (χ0v) is 15.9. The van der Waals surface area contributed by atoms with Crippen LogP contribution in [-0.4, -0.2) is 61.9 Å². The quantitative estimate of drug-likeness (QED) is 0.686. The molecular weight excluding hydrogens is 361 g/mol. The highest BCUT2D eigenvalue weighted by molar-refractivity contribution is 5.84. The molecule has 146 valence electrons. The van der Waals surface area contributed by atoms with Gasteiger partial charge in [-0.3, -0.25) is 4.79 Å². The standard InChI is InChI=1S/C19H22FN7O/c1-13(2)10-16(28)25-6-8-26(9-7-25)18-17-19(22-12-21-18)27(24-23-17)15-5-3-4-14(20)11-15/h3-5,11-13H,6-10H2,1-2H3. The van der Waals surface area contributed by atoms with Crippen LogP contribution in [0.1, 0.15) is 20.3 Å². The first-order valence-corrected chi connectivity index (χ1v) is 9.38. The number of carbonyl (C=O) groups is 1. The Bertz CT molecular complexity index is 995. The lowest BCUT2D eigenvalue weighted by Gasteiger charge is -2.35. The molecule has 1 aliphatic rings. The summed E-state index contributed by atoms with van der Waals surface area (Å²) in [6.45, 7) is 6.73. The van der Waals surface area contributed by atoms with Gasteiger partial charge in [0.15, 0.2) is 17.0 Å². The molecule has 3 aromatic rings. The fourth-order valence-corrected chi connectivity index (χ4v) is 3.40. The van der Waals surface area contributed by atoms with E-state index in [2.05, 4.69) is 25.2 Å². The minimum Gasteiger partial charge on any atom is -0.351 e. The maximum Gasteiger partial charge on any atom is 0.222 e. The van der Waals surface area contributed by atoms with Crippen LogP contribution in [0.5, 0.6) is 0 Å². The molecule has 0 spiro atoms. The van der Waals surface area contributed by atoms with Gasteiger partial charge in [-0.25, -0.2) is 14.4 Å². The first-order valence-electron chi connectivity index (χ1n) is 9.38. The van der Waals surface area contributed by atoms with E-state index in [-0.39, 0.29) is 11.7 Å². The first-order chi connectivity index (χ1) is 13.5. The summed E-state index contributed by atoms with van der Waals surface area (Å²) in [5, 5.41) is 8.38. The highest BCUT2D eigenvalue weighted by Gasteiger charge is 2.25. The number of fused-ring (bicyclic) bond motifs is 1. The van der Waals surface area contributed by atoms with Crippen LogP contribution in [0.2, 0.25) is 0 Å². The topological polar surface area (TPSA) is 80.0 Å². The molecular formula is C19H22FN7O. The average Bonchev–Trinajstić information content (AvgIpc) is 3.12. The fraction of sp³-hybridized carbons (Fsp3) is 0.421. The number of benzene rings is 1. The Kier molecular flexibility index (Phi) is 4.89. The Balaban J connectivity index is 1.57. The van der Waals surface area contributed by atoms with Crippen LogP contribution in [0, 0.1) is 11.7 Å². The van der Waals surface area contributed by atoms with Gasteiger partial charge in [0.1, 0.15) is 12.1 Å². The fourth-order valence-electron chi connectivity index (χ4n) is 3.40. The highest BCUT2D eigenvalue weighted by atomic mass is 19.1. The molecule has 0 radical (unpaired) electrons. The van der Waals surface area contributed by atoms with Gasteiger partial charge in [-0.1, -0.05) is 25.1 Å². The van der Waals surface area contributed by atoms with Crippen LogP contribution >= 0.6 is 0 Å². The van der Waals surface area contributed by atoms with Crippen molar-refractivity contribution in [3.63, 3.8) is 0 Å². The summed E-state index contributed by atoms with van der Waals surface area (Å²) >= 11 is 0. The Morgan fingerprint density at radius 1 is 1.18 bits per heavy atom. The summed E-state index contributed by atoms with van der Waals surface area (Å²) in [7, 11) is 0. The van der Waals surface area contributed by atoms with Crippen molar-refractivity contribution in [3.05, 3.63) is 36.4 Å². The second-order valence-corrected chi connectivity index (χ2v) is 7.32. The third-order valence-corrected chi connectivity index (χ3v) is 4.79. The monoisotopic (exact) mass is 383 g/mol. The van der Waals surface area contributed by atoms with E-state index in [0.717, 1.165) is 0 Å². The molecule has 28 heavy (non-hydrogen) atoms. The number of hydrogen-bond donors (Lipinski definition) is 0. The number of piperazine rings is 1. The van der Waals surface area contributed by atoms with Crippen LogP contribution in [0.4, 0.5) is 10.2 Å².